The number of aromatic nitrogens is 3. The molecule has 3 heterocycles. The van der Waals surface area contributed by atoms with Crippen molar-refractivity contribution >= 4 is 28.1 Å². The van der Waals surface area contributed by atoms with Gasteiger partial charge in [-0.25, -0.2) is 4.98 Å². The zero-order valence-corrected chi connectivity index (χ0v) is 11.6. The molecular weight excluding hydrogens is 276 g/mol. The number of para-hydroxylation sites is 1. The molecule has 0 aliphatic carbocycles. The molecule has 106 valence electrons. The zero-order chi connectivity index (χ0) is 14.9. The van der Waals surface area contributed by atoms with Crippen molar-refractivity contribution in [2.75, 3.05) is 5.32 Å². The van der Waals surface area contributed by atoms with Crippen molar-refractivity contribution in [3.8, 4) is 0 Å². The van der Waals surface area contributed by atoms with E-state index in [0.29, 0.717) is 11.3 Å². The van der Waals surface area contributed by atoms with Gasteiger partial charge in [-0.1, -0.05) is 18.2 Å². The number of carbonyl (C=O) groups is 1. The lowest BCUT2D eigenvalue weighted by Crippen LogP contribution is -2.13. The summed E-state index contributed by atoms with van der Waals surface area (Å²) in [4.78, 5) is 21.0. The molecule has 5 heteroatoms. The third-order valence-corrected chi connectivity index (χ3v) is 3.53. The normalized spacial score (nSPS) is 10.9. The maximum Gasteiger partial charge on any atom is 0.257 e. The van der Waals surface area contributed by atoms with Crippen molar-refractivity contribution in [2.24, 2.45) is 0 Å². The molecule has 3 aromatic heterocycles. The number of fused-ring (bicyclic) bond motifs is 2. The van der Waals surface area contributed by atoms with E-state index in [2.05, 4.69) is 15.3 Å². The second-order valence-corrected chi connectivity index (χ2v) is 4.95. The fourth-order valence-electron chi connectivity index (χ4n) is 2.45. The van der Waals surface area contributed by atoms with Crippen molar-refractivity contribution in [3.63, 3.8) is 0 Å². The lowest BCUT2D eigenvalue weighted by Gasteiger charge is -2.08. The Morgan fingerprint density at radius 1 is 1.00 bits per heavy atom. The van der Waals surface area contributed by atoms with E-state index in [1.165, 1.54) is 0 Å². The fourth-order valence-corrected chi connectivity index (χ4v) is 2.45. The van der Waals surface area contributed by atoms with Gasteiger partial charge in [0.1, 0.15) is 5.65 Å². The van der Waals surface area contributed by atoms with Crippen LogP contribution in [0.5, 0.6) is 0 Å². The molecule has 0 fully saturated rings. The lowest BCUT2D eigenvalue weighted by molar-refractivity contribution is 0.102. The summed E-state index contributed by atoms with van der Waals surface area (Å²) < 4.78 is 1.82. The Balaban J connectivity index is 1.71. The van der Waals surface area contributed by atoms with E-state index in [4.69, 9.17) is 0 Å². The number of carbonyl (C=O) groups excluding carboxylic acids is 1. The van der Waals surface area contributed by atoms with Crippen LogP contribution in [0.4, 0.5) is 5.69 Å². The minimum Gasteiger partial charge on any atom is -0.320 e. The Bertz CT molecular complexity index is 985. The smallest absolute Gasteiger partial charge is 0.257 e. The van der Waals surface area contributed by atoms with Crippen LogP contribution in [0.3, 0.4) is 0 Å². The first-order valence-corrected chi connectivity index (χ1v) is 6.89. The van der Waals surface area contributed by atoms with E-state index in [1.54, 1.807) is 24.7 Å². The van der Waals surface area contributed by atoms with Crippen LogP contribution in [0, 0.1) is 0 Å². The number of hydrogen-bond donors (Lipinski definition) is 1. The molecule has 4 rings (SSSR count). The average Bonchev–Trinajstić information content (AvgIpc) is 3.02. The summed E-state index contributed by atoms with van der Waals surface area (Å²) in [5.41, 5.74) is 2.86. The number of amides is 1. The molecule has 22 heavy (non-hydrogen) atoms. The van der Waals surface area contributed by atoms with Gasteiger partial charge in [-0.3, -0.25) is 9.78 Å². The van der Waals surface area contributed by atoms with Gasteiger partial charge in [0.05, 0.1) is 16.8 Å². The van der Waals surface area contributed by atoms with E-state index in [-0.39, 0.29) is 5.91 Å². The Morgan fingerprint density at radius 3 is 2.86 bits per heavy atom. The van der Waals surface area contributed by atoms with Crippen LogP contribution < -0.4 is 5.32 Å². The van der Waals surface area contributed by atoms with Gasteiger partial charge < -0.3 is 9.72 Å². The van der Waals surface area contributed by atoms with E-state index >= 15 is 0 Å². The topological polar surface area (TPSA) is 59.3 Å². The van der Waals surface area contributed by atoms with Gasteiger partial charge in [0.15, 0.2) is 0 Å². The Labute approximate surface area is 126 Å². The minimum atomic E-state index is -0.172. The van der Waals surface area contributed by atoms with Gasteiger partial charge in [0, 0.05) is 30.2 Å². The second kappa shape index (κ2) is 4.96. The van der Waals surface area contributed by atoms with Crippen molar-refractivity contribution in [1.29, 1.82) is 0 Å². The number of benzene rings is 1. The number of nitrogens with one attached hydrogen (secondary N) is 1. The third-order valence-electron chi connectivity index (χ3n) is 3.53. The number of hydrogen-bond acceptors (Lipinski definition) is 3. The van der Waals surface area contributed by atoms with Gasteiger partial charge in [-0.05, 0) is 24.3 Å². The van der Waals surface area contributed by atoms with Crippen LogP contribution in [0.25, 0.3) is 16.6 Å². The zero-order valence-electron chi connectivity index (χ0n) is 11.6. The molecule has 1 N–H and O–H groups in total. The quantitative estimate of drug-likeness (QED) is 0.616. The van der Waals surface area contributed by atoms with E-state index in [1.807, 2.05) is 47.0 Å². The first kappa shape index (κ1) is 12.5. The molecule has 0 aliphatic rings. The van der Waals surface area contributed by atoms with Gasteiger partial charge >= 0.3 is 0 Å². The number of imidazole rings is 1. The van der Waals surface area contributed by atoms with E-state index in [0.717, 1.165) is 16.6 Å². The molecule has 5 nitrogen and oxygen atoms in total. The summed E-state index contributed by atoms with van der Waals surface area (Å²) in [6.07, 6.45) is 6.99. The monoisotopic (exact) mass is 288 g/mol. The highest BCUT2D eigenvalue weighted by Crippen LogP contribution is 2.21. The van der Waals surface area contributed by atoms with Crippen LogP contribution in [-0.2, 0) is 0 Å². The van der Waals surface area contributed by atoms with Gasteiger partial charge in [-0.2, -0.15) is 0 Å². The molecule has 0 unspecified atom stereocenters. The van der Waals surface area contributed by atoms with Crippen molar-refractivity contribution in [2.45, 2.75) is 0 Å². The van der Waals surface area contributed by atoms with Gasteiger partial charge in [0.2, 0.25) is 0 Å². The molecule has 0 radical (unpaired) electrons. The van der Waals surface area contributed by atoms with Crippen molar-refractivity contribution < 1.29 is 4.79 Å². The average molecular weight is 288 g/mol. The Kier molecular flexibility index (Phi) is 2.83. The minimum absolute atomic E-state index is 0.172. The van der Waals surface area contributed by atoms with Gasteiger partial charge in [0.25, 0.3) is 5.91 Å². The van der Waals surface area contributed by atoms with E-state index < -0.39 is 0 Å². The highest BCUT2D eigenvalue weighted by molar-refractivity contribution is 6.08. The Hall–Kier alpha value is -3.21. The van der Waals surface area contributed by atoms with Crippen LogP contribution in [0.2, 0.25) is 0 Å². The molecule has 0 saturated carbocycles. The molecule has 1 amide bonds. The summed E-state index contributed by atoms with van der Waals surface area (Å²) in [5.74, 6) is -0.172. The number of pyridine rings is 2. The molecule has 0 bridgehead atoms. The standard InChI is InChI=1S/C17H12N4O/c22-17(13-6-7-15-18-9-10-21(15)11-13)20-14-5-1-3-12-4-2-8-19-16(12)14/h1-11H,(H,20,22). The molecule has 0 aliphatic heterocycles. The van der Waals surface area contributed by atoms with Crippen molar-refractivity contribution in [3.05, 3.63) is 72.8 Å². The lowest BCUT2D eigenvalue weighted by atomic mass is 10.2. The molecule has 0 saturated heterocycles. The largest absolute Gasteiger partial charge is 0.320 e. The predicted octanol–water partition coefficient (Wildman–Crippen LogP) is 3.13. The summed E-state index contributed by atoms with van der Waals surface area (Å²) in [5, 5.41) is 3.91. The number of nitrogens with zero attached hydrogens (tertiary/aromatic N) is 3. The molecule has 0 atom stereocenters. The van der Waals surface area contributed by atoms with Crippen LogP contribution in [-0.4, -0.2) is 20.3 Å². The summed E-state index contributed by atoms with van der Waals surface area (Å²) in [6, 6.07) is 13.1. The molecule has 1 aromatic carbocycles. The summed E-state index contributed by atoms with van der Waals surface area (Å²) in [7, 11) is 0. The van der Waals surface area contributed by atoms with Crippen LogP contribution >= 0.6 is 0 Å². The molecule has 4 aromatic rings. The fraction of sp³-hybridized carbons (Fsp3) is 0. The first-order chi connectivity index (χ1) is 10.8. The predicted molar refractivity (Wildman–Crippen MR) is 84.9 cm³/mol. The third kappa shape index (κ3) is 2.09. The first-order valence-electron chi connectivity index (χ1n) is 6.89. The van der Waals surface area contributed by atoms with E-state index in [9.17, 15) is 4.79 Å². The highest BCUT2D eigenvalue weighted by Gasteiger charge is 2.09. The summed E-state index contributed by atoms with van der Waals surface area (Å²) >= 11 is 0. The summed E-state index contributed by atoms with van der Waals surface area (Å²) in [6.45, 7) is 0. The Morgan fingerprint density at radius 2 is 1.91 bits per heavy atom. The molecular formula is C17H12N4O. The maximum atomic E-state index is 12.5. The number of anilines is 1. The van der Waals surface area contributed by atoms with Gasteiger partial charge in [-0.15, -0.1) is 0 Å². The maximum absolute atomic E-state index is 12.5. The van der Waals surface area contributed by atoms with Crippen LogP contribution in [0.15, 0.2) is 67.3 Å². The van der Waals surface area contributed by atoms with Crippen molar-refractivity contribution in [1.82, 2.24) is 14.4 Å². The number of rotatable bonds is 2. The van der Waals surface area contributed by atoms with Crippen LogP contribution in [0.1, 0.15) is 10.4 Å². The SMILES string of the molecule is O=C(Nc1cccc2cccnc12)c1ccc2nccn2c1. The highest BCUT2D eigenvalue weighted by atomic mass is 16.1. The second-order valence-electron chi connectivity index (χ2n) is 4.95. The molecule has 0 spiro atoms.